The van der Waals surface area contributed by atoms with E-state index < -0.39 is 23.4 Å². The number of carboxylic acids is 1. The van der Waals surface area contributed by atoms with Crippen molar-refractivity contribution in [2.24, 2.45) is 0 Å². The summed E-state index contributed by atoms with van der Waals surface area (Å²) in [6, 6.07) is 17.4. The standard InChI is InChI=1S/C28H20F3NO3S.Na/c29-22-14-23-20(26(30)27(22)31)9-8-18(32-23)7-5-16-6-10-24-21(13-16)28(36-12-11-25(33)34)19-4-2-1-3-17(19)15-35-24;/h1-10,13-14,28H,11-12,15H2,(H,33,34);/q;+1/p-1/b7-5+;. The Morgan fingerprint density at radius 3 is 2.65 bits per heavy atom. The van der Waals surface area contributed by atoms with Crippen molar-refractivity contribution in [2.75, 3.05) is 5.75 Å². The fourth-order valence-electron chi connectivity index (χ4n) is 4.16. The Labute approximate surface area is 237 Å². The molecule has 1 unspecified atom stereocenters. The molecular formula is C28H19F3NNaO3S. The number of rotatable bonds is 6. The van der Waals surface area contributed by atoms with Crippen molar-refractivity contribution in [1.82, 2.24) is 4.98 Å². The summed E-state index contributed by atoms with van der Waals surface area (Å²) >= 11 is 1.51. The molecule has 0 aliphatic carbocycles. The fraction of sp³-hybridized carbons (Fsp3) is 0.143. The van der Waals surface area contributed by atoms with Gasteiger partial charge in [-0.3, -0.25) is 0 Å². The molecule has 0 bridgehead atoms. The number of aromatic nitrogens is 1. The summed E-state index contributed by atoms with van der Waals surface area (Å²) < 4.78 is 47.2. The number of benzene rings is 3. The van der Waals surface area contributed by atoms with Gasteiger partial charge in [0, 0.05) is 23.0 Å². The van der Waals surface area contributed by atoms with Crippen LogP contribution in [0.4, 0.5) is 13.2 Å². The molecule has 5 rings (SSSR count). The fourth-order valence-corrected chi connectivity index (χ4v) is 5.45. The second-order valence-electron chi connectivity index (χ2n) is 8.28. The molecule has 0 saturated carbocycles. The number of pyridine rings is 1. The van der Waals surface area contributed by atoms with Crippen molar-refractivity contribution in [1.29, 1.82) is 0 Å². The second kappa shape index (κ2) is 11.7. The molecule has 0 fully saturated rings. The number of carbonyl (C=O) groups excluding carboxylic acids is 1. The molecule has 1 atom stereocenters. The molecule has 182 valence electrons. The predicted octanol–water partition coefficient (Wildman–Crippen LogP) is 2.68. The van der Waals surface area contributed by atoms with Crippen LogP contribution in [-0.4, -0.2) is 16.7 Å². The number of hydrogen-bond donors (Lipinski definition) is 0. The number of nitrogens with zero attached hydrogens (tertiary/aromatic N) is 1. The van der Waals surface area contributed by atoms with Gasteiger partial charge in [0.1, 0.15) is 12.4 Å². The molecule has 0 saturated heterocycles. The van der Waals surface area contributed by atoms with E-state index in [0.717, 1.165) is 28.3 Å². The van der Waals surface area contributed by atoms with E-state index in [1.54, 1.807) is 6.08 Å². The summed E-state index contributed by atoms with van der Waals surface area (Å²) in [5.74, 6) is -4.07. The van der Waals surface area contributed by atoms with Crippen LogP contribution in [-0.2, 0) is 11.4 Å². The Morgan fingerprint density at radius 2 is 1.84 bits per heavy atom. The first-order chi connectivity index (χ1) is 17.4. The van der Waals surface area contributed by atoms with Gasteiger partial charge in [-0.25, -0.2) is 18.2 Å². The summed E-state index contributed by atoms with van der Waals surface area (Å²) in [6.45, 7) is 0.407. The van der Waals surface area contributed by atoms with E-state index in [1.807, 2.05) is 48.5 Å². The van der Waals surface area contributed by atoms with Crippen LogP contribution < -0.4 is 39.4 Å². The van der Waals surface area contributed by atoms with E-state index in [-0.39, 0.29) is 52.1 Å². The normalized spacial score (nSPS) is 14.4. The summed E-state index contributed by atoms with van der Waals surface area (Å²) in [6.07, 6.45) is 3.45. The molecule has 4 nitrogen and oxygen atoms in total. The van der Waals surface area contributed by atoms with Crippen molar-refractivity contribution in [2.45, 2.75) is 18.3 Å². The van der Waals surface area contributed by atoms with Gasteiger partial charge in [-0.1, -0.05) is 36.4 Å². The van der Waals surface area contributed by atoms with E-state index >= 15 is 0 Å². The van der Waals surface area contributed by atoms with Crippen LogP contribution in [0.1, 0.15) is 39.6 Å². The maximum absolute atomic E-state index is 14.0. The van der Waals surface area contributed by atoms with Crippen molar-refractivity contribution in [3.8, 4) is 5.75 Å². The maximum atomic E-state index is 14.0. The van der Waals surface area contributed by atoms with Crippen LogP contribution in [0, 0.1) is 17.5 Å². The Kier molecular flexibility index (Phi) is 8.64. The van der Waals surface area contributed by atoms with Crippen molar-refractivity contribution >= 4 is 40.8 Å². The van der Waals surface area contributed by atoms with Crippen LogP contribution in [0.25, 0.3) is 23.1 Å². The molecule has 37 heavy (non-hydrogen) atoms. The molecule has 1 aromatic heterocycles. The molecule has 0 radical (unpaired) electrons. The SMILES string of the molecule is O=C([O-])CCSC1c2ccccc2COc2ccc(/C=C/c3ccc4c(F)c(F)c(F)cc4n3)cc21.[Na+]. The zero-order chi connectivity index (χ0) is 25.2. The topological polar surface area (TPSA) is 62.2 Å². The molecule has 1 aliphatic rings. The Hall–Kier alpha value is -2.78. The minimum atomic E-state index is -1.52. The minimum Gasteiger partial charge on any atom is -0.550 e. The number of carbonyl (C=O) groups is 1. The van der Waals surface area contributed by atoms with Gasteiger partial charge >= 0.3 is 29.6 Å². The van der Waals surface area contributed by atoms with E-state index in [9.17, 15) is 23.1 Å². The quantitative estimate of drug-likeness (QED) is 0.284. The van der Waals surface area contributed by atoms with Crippen LogP contribution in [0.2, 0.25) is 0 Å². The number of hydrogen-bond acceptors (Lipinski definition) is 5. The first-order valence-corrected chi connectivity index (χ1v) is 12.2. The molecule has 1 aliphatic heterocycles. The third-order valence-electron chi connectivity index (χ3n) is 5.92. The van der Waals surface area contributed by atoms with Crippen LogP contribution >= 0.6 is 11.8 Å². The van der Waals surface area contributed by atoms with E-state index in [0.29, 0.717) is 23.8 Å². The van der Waals surface area contributed by atoms with Gasteiger partial charge in [0.25, 0.3) is 0 Å². The molecule has 4 aromatic rings. The monoisotopic (exact) mass is 529 g/mol. The third kappa shape index (κ3) is 5.88. The van der Waals surface area contributed by atoms with Crippen molar-refractivity contribution in [3.05, 3.63) is 106 Å². The van der Waals surface area contributed by atoms with Gasteiger partial charge in [0.15, 0.2) is 17.5 Å². The number of carboxylic acid groups (broad SMARTS) is 1. The minimum absolute atomic E-state index is 0. The van der Waals surface area contributed by atoms with E-state index in [2.05, 4.69) is 4.98 Å². The van der Waals surface area contributed by atoms with Gasteiger partial charge in [0.05, 0.1) is 16.5 Å². The van der Waals surface area contributed by atoms with E-state index in [1.165, 1.54) is 23.9 Å². The molecule has 3 aromatic carbocycles. The van der Waals surface area contributed by atoms with Crippen LogP contribution in [0.3, 0.4) is 0 Å². The number of halogens is 3. The third-order valence-corrected chi connectivity index (χ3v) is 7.20. The first kappa shape index (κ1) is 27.3. The number of ether oxygens (including phenoxy) is 1. The average molecular weight is 530 g/mol. The van der Waals surface area contributed by atoms with E-state index in [4.69, 9.17) is 4.74 Å². The molecule has 0 amide bonds. The van der Waals surface area contributed by atoms with Gasteiger partial charge < -0.3 is 14.6 Å². The average Bonchev–Trinajstić information content (AvgIpc) is 3.02. The Morgan fingerprint density at radius 1 is 1.03 bits per heavy atom. The summed E-state index contributed by atoms with van der Waals surface area (Å²) in [5, 5.41) is 10.8. The summed E-state index contributed by atoms with van der Waals surface area (Å²) in [5.41, 5.74) is 4.31. The smallest absolute Gasteiger partial charge is 0.550 e. The molecule has 9 heteroatoms. The maximum Gasteiger partial charge on any atom is 1.00 e. The number of fused-ring (bicyclic) bond motifs is 3. The molecular weight excluding hydrogens is 510 g/mol. The molecule has 0 N–H and O–H groups in total. The van der Waals surface area contributed by atoms with Crippen molar-refractivity contribution in [3.63, 3.8) is 0 Å². The van der Waals surface area contributed by atoms with Crippen LogP contribution in [0.5, 0.6) is 5.75 Å². The number of thioether (sulfide) groups is 1. The van der Waals surface area contributed by atoms with Gasteiger partial charge in [-0.05, 0) is 59.2 Å². The second-order valence-corrected chi connectivity index (χ2v) is 9.49. The van der Waals surface area contributed by atoms with Crippen LogP contribution in [0.15, 0.2) is 60.7 Å². The Bertz CT molecular complexity index is 1510. The number of aliphatic carboxylic acids is 1. The largest absolute Gasteiger partial charge is 1.00 e. The summed E-state index contributed by atoms with van der Waals surface area (Å²) in [7, 11) is 0. The van der Waals surface area contributed by atoms with Gasteiger partial charge in [0.2, 0.25) is 0 Å². The Balaban J connectivity index is 0.00000320. The first-order valence-electron chi connectivity index (χ1n) is 11.2. The van der Waals surface area contributed by atoms with Gasteiger partial charge in [-0.2, -0.15) is 0 Å². The van der Waals surface area contributed by atoms with Gasteiger partial charge in [-0.15, -0.1) is 11.8 Å². The molecule has 2 heterocycles. The molecule has 0 spiro atoms. The predicted molar refractivity (Wildman–Crippen MR) is 132 cm³/mol. The summed E-state index contributed by atoms with van der Waals surface area (Å²) in [4.78, 5) is 15.2. The zero-order valence-corrected chi connectivity index (χ0v) is 22.7. The van der Waals surface area contributed by atoms with Crippen molar-refractivity contribution < 1.29 is 57.4 Å². The zero-order valence-electron chi connectivity index (χ0n) is 19.8.